The summed E-state index contributed by atoms with van der Waals surface area (Å²) in [5.41, 5.74) is 5.89. The van der Waals surface area contributed by atoms with E-state index in [1.807, 2.05) is 18.2 Å². The molecular formula is C32H28ClFN4O. The normalized spacial score (nSPS) is 13.4. The van der Waals surface area contributed by atoms with Gasteiger partial charge in [0.1, 0.15) is 30.3 Å². The summed E-state index contributed by atoms with van der Waals surface area (Å²) in [6, 6.07) is 26.8. The van der Waals surface area contributed by atoms with Crippen LogP contribution >= 0.6 is 11.6 Å². The molecule has 39 heavy (non-hydrogen) atoms. The summed E-state index contributed by atoms with van der Waals surface area (Å²) < 4.78 is 19.3. The Bertz CT molecular complexity index is 1600. The van der Waals surface area contributed by atoms with Gasteiger partial charge in [-0.1, -0.05) is 41.9 Å². The maximum absolute atomic E-state index is 13.4. The van der Waals surface area contributed by atoms with E-state index in [9.17, 15) is 4.39 Å². The smallest absolute Gasteiger partial charge is 0.141 e. The van der Waals surface area contributed by atoms with Crippen LogP contribution in [0.25, 0.3) is 22.0 Å². The summed E-state index contributed by atoms with van der Waals surface area (Å²) in [7, 11) is 0. The molecule has 7 heteroatoms. The first-order chi connectivity index (χ1) is 19.1. The lowest BCUT2D eigenvalue weighted by Gasteiger charge is -2.28. The highest BCUT2D eigenvalue weighted by molar-refractivity contribution is 6.32. The summed E-state index contributed by atoms with van der Waals surface area (Å²) >= 11 is 6.51. The lowest BCUT2D eigenvalue weighted by Crippen LogP contribution is -2.29. The Labute approximate surface area is 232 Å². The van der Waals surface area contributed by atoms with Crippen LogP contribution in [0.4, 0.5) is 21.6 Å². The summed E-state index contributed by atoms with van der Waals surface area (Å²) in [5.74, 6) is 0.919. The Balaban J connectivity index is 1.20. The third-order valence-electron chi connectivity index (χ3n) is 7.04. The van der Waals surface area contributed by atoms with Gasteiger partial charge >= 0.3 is 0 Å². The molecule has 0 aliphatic carbocycles. The third kappa shape index (κ3) is 5.81. The monoisotopic (exact) mass is 538 g/mol. The van der Waals surface area contributed by atoms with Gasteiger partial charge in [-0.2, -0.15) is 0 Å². The second-order valence-electron chi connectivity index (χ2n) is 9.74. The van der Waals surface area contributed by atoms with E-state index in [0.29, 0.717) is 16.6 Å². The second-order valence-corrected chi connectivity index (χ2v) is 10.1. The summed E-state index contributed by atoms with van der Waals surface area (Å²) in [5, 5.41) is 4.74. The van der Waals surface area contributed by atoms with E-state index < -0.39 is 0 Å². The first-order valence-corrected chi connectivity index (χ1v) is 13.5. The van der Waals surface area contributed by atoms with Crippen LogP contribution in [0.3, 0.4) is 0 Å². The number of aromatic nitrogens is 2. The molecular weight excluding hydrogens is 511 g/mol. The van der Waals surface area contributed by atoms with Gasteiger partial charge in [-0.05, 0) is 90.6 Å². The SMILES string of the molecule is Fc1cccc(COc2ccc(Nc3ncnc4ccc(-c5ccc(N6CCCCC6)cc5)cc34)cc2Cl)c1. The highest BCUT2D eigenvalue weighted by Gasteiger charge is 2.12. The molecule has 1 fully saturated rings. The number of nitrogens with zero attached hydrogens (tertiary/aromatic N) is 3. The average Bonchev–Trinajstić information content (AvgIpc) is 2.97. The van der Waals surface area contributed by atoms with Crippen molar-refractivity contribution in [1.82, 2.24) is 9.97 Å². The van der Waals surface area contributed by atoms with Gasteiger partial charge in [-0.15, -0.1) is 0 Å². The van der Waals surface area contributed by atoms with Crippen molar-refractivity contribution in [3.8, 4) is 16.9 Å². The number of piperidine rings is 1. The van der Waals surface area contributed by atoms with E-state index in [1.54, 1.807) is 24.5 Å². The Hall–Kier alpha value is -4.16. The second kappa shape index (κ2) is 11.3. The Morgan fingerprint density at radius 3 is 2.46 bits per heavy atom. The number of hydrogen-bond acceptors (Lipinski definition) is 5. The zero-order valence-electron chi connectivity index (χ0n) is 21.4. The predicted octanol–water partition coefficient (Wildman–Crippen LogP) is 8.40. The van der Waals surface area contributed by atoms with Crippen molar-refractivity contribution in [3.05, 3.63) is 108 Å². The van der Waals surface area contributed by atoms with E-state index in [1.165, 1.54) is 37.1 Å². The molecule has 4 aromatic carbocycles. The van der Waals surface area contributed by atoms with Crippen molar-refractivity contribution in [1.29, 1.82) is 0 Å². The minimum atomic E-state index is -0.295. The maximum Gasteiger partial charge on any atom is 0.141 e. The zero-order valence-corrected chi connectivity index (χ0v) is 22.2. The van der Waals surface area contributed by atoms with E-state index in [0.717, 1.165) is 46.4 Å². The summed E-state index contributed by atoms with van der Waals surface area (Å²) in [6.45, 7) is 2.49. The molecule has 1 aliphatic rings. The van der Waals surface area contributed by atoms with Crippen LogP contribution in [-0.2, 0) is 6.61 Å². The largest absolute Gasteiger partial charge is 0.487 e. The van der Waals surface area contributed by atoms with Crippen molar-refractivity contribution >= 4 is 39.7 Å². The minimum absolute atomic E-state index is 0.225. The number of rotatable bonds is 7. The maximum atomic E-state index is 13.4. The fourth-order valence-electron chi connectivity index (χ4n) is 4.97. The van der Waals surface area contributed by atoms with Gasteiger partial charge < -0.3 is 15.0 Å². The first kappa shape index (κ1) is 25.1. The van der Waals surface area contributed by atoms with Gasteiger partial charge in [0.25, 0.3) is 0 Å². The Kier molecular flexibility index (Phi) is 7.28. The van der Waals surface area contributed by atoms with Gasteiger partial charge in [0.05, 0.1) is 10.5 Å². The molecule has 0 saturated carbocycles. The number of halogens is 2. The Morgan fingerprint density at radius 1 is 0.846 bits per heavy atom. The van der Waals surface area contributed by atoms with Crippen molar-refractivity contribution in [3.63, 3.8) is 0 Å². The molecule has 0 amide bonds. The van der Waals surface area contributed by atoms with Crippen LogP contribution in [0.15, 0.2) is 91.3 Å². The molecule has 1 aromatic heterocycles. The third-order valence-corrected chi connectivity index (χ3v) is 7.33. The van der Waals surface area contributed by atoms with Crippen LogP contribution in [0.5, 0.6) is 5.75 Å². The molecule has 2 heterocycles. The average molecular weight is 539 g/mol. The highest BCUT2D eigenvalue weighted by atomic mass is 35.5. The predicted molar refractivity (Wildman–Crippen MR) is 157 cm³/mol. The summed E-state index contributed by atoms with van der Waals surface area (Å²) in [6.07, 6.45) is 5.40. The number of nitrogens with one attached hydrogen (secondary N) is 1. The molecule has 6 rings (SSSR count). The number of anilines is 3. The standard InChI is InChI=1S/C32H28ClFN4O/c33-29-19-26(10-14-31(29)39-20-22-5-4-6-25(34)17-22)37-32-28-18-24(9-13-30(28)35-21-36-32)23-7-11-27(12-8-23)38-15-2-1-3-16-38/h4-14,17-19,21H,1-3,15-16,20H2,(H,35,36,37). The van der Waals surface area contributed by atoms with Gasteiger partial charge in [0.2, 0.25) is 0 Å². The summed E-state index contributed by atoms with van der Waals surface area (Å²) in [4.78, 5) is 11.4. The Morgan fingerprint density at radius 2 is 1.67 bits per heavy atom. The lowest BCUT2D eigenvalue weighted by molar-refractivity contribution is 0.306. The van der Waals surface area contributed by atoms with Crippen LogP contribution < -0.4 is 15.0 Å². The molecule has 1 N–H and O–H groups in total. The van der Waals surface area contributed by atoms with Crippen LogP contribution in [-0.4, -0.2) is 23.1 Å². The molecule has 0 radical (unpaired) electrons. The van der Waals surface area contributed by atoms with Crippen LogP contribution in [0.1, 0.15) is 24.8 Å². The molecule has 0 bridgehead atoms. The molecule has 196 valence electrons. The number of hydrogen-bond donors (Lipinski definition) is 1. The molecule has 0 spiro atoms. The minimum Gasteiger partial charge on any atom is -0.487 e. The molecule has 0 atom stereocenters. The van der Waals surface area contributed by atoms with Gasteiger partial charge in [0, 0.05) is 29.9 Å². The van der Waals surface area contributed by atoms with Gasteiger partial charge in [-0.3, -0.25) is 0 Å². The van der Waals surface area contributed by atoms with E-state index in [4.69, 9.17) is 16.3 Å². The number of ether oxygens (including phenoxy) is 1. The molecule has 1 saturated heterocycles. The molecule has 5 aromatic rings. The van der Waals surface area contributed by atoms with Crippen molar-refractivity contribution < 1.29 is 9.13 Å². The van der Waals surface area contributed by atoms with E-state index in [2.05, 4.69) is 56.6 Å². The first-order valence-electron chi connectivity index (χ1n) is 13.2. The van der Waals surface area contributed by atoms with E-state index in [-0.39, 0.29) is 12.4 Å². The van der Waals surface area contributed by atoms with E-state index >= 15 is 0 Å². The quantitative estimate of drug-likeness (QED) is 0.225. The lowest BCUT2D eigenvalue weighted by atomic mass is 10.0. The molecule has 1 aliphatic heterocycles. The van der Waals surface area contributed by atoms with Crippen molar-refractivity contribution in [2.75, 3.05) is 23.3 Å². The van der Waals surface area contributed by atoms with Crippen LogP contribution in [0, 0.1) is 5.82 Å². The van der Waals surface area contributed by atoms with Gasteiger partial charge in [0.15, 0.2) is 0 Å². The van der Waals surface area contributed by atoms with Crippen LogP contribution in [0.2, 0.25) is 5.02 Å². The zero-order chi connectivity index (χ0) is 26.6. The highest BCUT2D eigenvalue weighted by Crippen LogP contribution is 2.33. The topological polar surface area (TPSA) is 50.3 Å². The number of fused-ring (bicyclic) bond motifs is 1. The fourth-order valence-corrected chi connectivity index (χ4v) is 5.21. The fraction of sp³-hybridized carbons (Fsp3) is 0.188. The van der Waals surface area contributed by atoms with Crippen molar-refractivity contribution in [2.24, 2.45) is 0 Å². The van der Waals surface area contributed by atoms with Gasteiger partial charge in [-0.25, -0.2) is 14.4 Å². The van der Waals surface area contributed by atoms with Crippen molar-refractivity contribution in [2.45, 2.75) is 25.9 Å². The number of benzene rings is 4. The molecule has 0 unspecified atom stereocenters. The molecule has 5 nitrogen and oxygen atoms in total.